The molecule has 0 spiro atoms. The van der Waals surface area contributed by atoms with Crippen LogP contribution in [0.3, 0.4) is 0 Å². The van der Waals surface area contributed by atoms with Crippen LogP contribution < -0.4 is 0 Å². The summed E-state index contributed by atoms with van der Waals surface area (Å²) in [4.78, 5) is 10.7. The minimum absolute atomic E-state index is 0.511. The van der Waals surface area contributed by atoms with Crippen molar-refractivity contribution in [2.24, 2.45) is 0 Å². The summed E-state index contributed by atoms with van der Waals surface area (Å²) in [5.41, 5.74) is 3.65. The van der Waals surface area contributed by atoms with Gasteiger partial charge in [-0.25, -0.2) is 9.97 Å². The molecule has 1 atom stereocenters. The molecule has 0 amide bonds. The molecule has 104 valence electrons. The topological polar surface area (TPSA) is 29.0 Å². The predicted molar refractivity (Wildman–Crippen MR) is 81.3 cm³/mol. The molecule has 0 saturated carbocycles. The highest BCUT2D eigenvalue weighted by Crippen LogP contribution is 2.26. The number of aromatic nitrogens is 2. The lowest BCUT2D eigenvalue weighted by atomic mass is 10.0. The van der Waals surface area contributed by atoms with Gasteiger partial charge in [-0.1, -0.05) is 30.7 Å². The van der Waals surface area contributed by atoms with Gasteiger partial charge in [0.25, 0.3) is 0 Å². The quantitative estimate of drug-likeness (QED) is 0.849. The number of hydrogen-bond donors (Lipinski definition) is 0. The Hall–Kier alpha value is -1.74. The number of rotatable bonds is 3. The van der Waals surface area contributed by atoms with Crippen LogP contribution >= 0.6 is 0 Å². The first-order valence-electron chi connectivity index (χ1n) is 7.44. The highest BCUT2D eigenvalue weighted by molar-refractivity contribution is 5.61. The molecule has 3 rings (SSSR count). The van der Waals surface area contributed by atoms with Crippen molar-refractivity contribution in [1.82, 2.24) is 14.9 Å². The maximum absolute atomic E-state index is 4.07. The van der Waals surface area contributed by atoms with Gasteiger partial charge in [-0.2, -0.15) is 0 Å². The zero-order valence-electron chi connectivity index (χ0n) is 12.0. The number of hydrogen-bond acceptors (Lipinski definition) is 3. The van der Waals surface area contributed by atoms with E-state index in [1.54, 1.807) is 6.33 Å². The van der Waals surface area contributed by atoms with Crippen LogP contribution in [0.2, 0.25) is 0 Å². The van der Waals surface area contributed by atoms with Gasteiger partial charge in [0.15, 0.2) is 0 Å². The van der Waals surface area contributed by atoms with Crippen LogP contribution in [0.1, 0.15) is 37.8 Å². The standard InChI is InChI=1S/C17H21N3/c1-14(20-9-3-2-4-10-20)15-5-7-16(8-6-15)17-11-18-13-19-12-17/h5-8,11-14H,2-4,9-10H2,1H3. The summed E-state index contributed by atoms with van der Waals surface area (Å²) in [5.74, 6) is 0. The van der Waals surface area contributed by atoms with Crippen LogP contribution in [0.5, 0.6) is 0 Å². The molecule has 1 aliphatic rings. The zero-order chi connectivity index (χ0) is 13.8. The van der Waals surface area contributed by atoms with Crippen molar-refractivity contribution in [2.45, 2.75) is 32.2 Å². The molecule has 0 bridgehead atoms. The number of likely N-dealkylation sites (tertiary alicyclic amines) is 1. The van der Waals surface area contributed by atoms with E-state index in [9.17, 15) is 0 Å². The molecule has 3 heteroatoms. The lowest BCUT2D eigenvalue weighted by Crippen LogP contribution is -2.32. The second-order valence-corrected chi connectivity index (χ2v) is 5.52. The Morgan fingerprint density at radius 3 is 2.20 bits per heavy atom. The molecule has 0 aliphatic carbocycles. The molecule has 1 saturated heterocycles. The van der Waals surface area contributed by atoms with Crippen molar-refractivity contribution >= 4 is 0 Å². The smallest absolute Gasteiger partial charge is 0.115 e. The first kappa shape index (κ1) is 13.3. The van der Waals surface area contributed by atoms with Crippen molar-refractivity contribution in [3.05, 3.63) is 48.5 Å². The first-order valence-corrected chi connectivity index (χ1v) is 7.44. The van der Waals surface area contributed by atoms with Crippen molar-refractivity contribution < 1.29 is 0 Å². The van der Waals surface area contributed by atoms with Crippen molar-refractivity contribution in [3.63, 3.8) is 0 Å². The second-order valence-electron chi connectivity index (χ2n) is 5.52. The molecule has 1 aliphatic heterocycles. The minimum Gasteiger partial charge on any atom is -0.297 e. The molecular weight excluding hydrogens is 246 g/mol. The summed E-state index contributed by atoms with van der Waals surface area (Å²) >= 11 is 0. The van der Waals surface area contributed by atoms with Crippen LogP contribution in [0.25, 0.3) is 11.1 Å². The molecule has 0 N–H and O–H groups in total. The molecule has 20 heavy (non-hydrogen) atoms. The maximum atomic E-state index is 4.07. The van der Waals surface area contributed by atoms with Crippen LogP contribution in [0.4, 0.5) is 0 Å². The normalized spacial score (nSPS) is 17.9. The van der Waals surface area contributed by atoms with Gasteiger partial charge in [0.05, 0.1) is 0 Å². The molecule has 3 nitrogen and oxygen atoms in total. The van der Waals surface area contributed by atoms with Gasteiger partial charge in [-0.3, -0.25) is 4.90 Å². The van der Waals surface area contributed by atoms with E-state index in [1.165, 1.54) is 43.5 Å². The summed E-state index contributed by atoms with van der Waals surface area (Å²) in [6.07, 6.45) is 9.34. The Balaban J connectivity index is 1.75. The molecule has 2 heterocycles. The van der Waals surface area contributed by atoms with Crippen LogP contribution in [-0.2, 0) is 0 Å². The SMILES string of the molecule is CC(c1ccc(-c2cncnc2)cc1)N1CCCCC1. The Morgan fingerprint density at radius 2 is 1.55 bits per heavy atom. The zero-order valence-corrected chi connectivity index (χ0v) is 12.0. The molecule has 1 fully saturated rings. The fraction of sp³-hybridized carbons (Fsp3) is 0.412. The van der Waals surface area contributed by atoms with E-state index in [0.29, 0.717) is 6.04 Å². The molecule has 1 unspecified atom stereocenters. The Morgan fingerprint density at radius 1 is 0.900 bits per heavy atom. The van der Waals surface area contributed by atoms with E-state index in [4.69, 9.17) is 0 Å². The highest BCUT2D eigenvalue weighted by atomic mass is 15.2. The van der Waals surface area contributed by atoms with Gasteiger partial charge in [-0.15, -0.1) is 0 Å². The summed E-state index contributed by atoms with van der Waals surface area (Å²) < 4.78 is 0. The Labute approximate surface area is 120 Å². The van der Waals surface area contributed by atoms with Crippen LogP contribution in [-0.4, -0.2) is 28.0 Å². The average molecular weight is 267 g/mol. The number of nitrogens with zero attached hydrogens (tertiary/aromatic N) is 3. The Kier molecular flexibility index (Phi) is 4.07. The predicted octanol–water partition coefficient (Wildman–Crippen LogP) is 3.69. The van der Waals surface area contributed by atoms with Gasteiger partial charge >= 0.3 is 0 Å². The van der Waals surface area contributed by atoms with E-state index in [0.717, 1.165) is 5.56 Å². The summed E-state index contributed by atoms with van der Waals surface area (Å²) in [6, 6.07) is 9.34. The highest BCUT2D eigenvalue weighted by Gasteiger charge is 2.17. The van der Waals surface area contributed by atoms with Gasteiger partial charge in [-0.05, 0) is 44.0 Å². The van der Waals surface area contributed by atoms with Crippen LogP contribution in [0, 0.1) is 0 Å². The maximum Gasteiger partial charge on any atom is 0.115 e. The summed E-state index contributed by atoms with van der Waals surface area (Å²) in [5, 5.41) is 0. The van der Waals surface area contributed by atoms with E-state index in [-0.39, 0.29) is 0 Å². The molecule has 0 radical (unpaired) electrons. The third-order valence-corrected chi connectivity index (χ3v) is 4.23. The molecule has 1 aromatic heterocycles. The third kappa shape index (κ3) is 2.88. The first-order chi connectivity index (χ1) is 9.84. The van der Waals surface area contributed by atoms with Gasteiger partial charge in [0, 0.05) is 24.0 Å². The third-order valence-electron chi connectivity index (χ3n) is 4.23. The Bertz CT molecular complexity index is 530. The van der Waals surface area contributed by atoms with E-state index in [2.05, 4.69) is 46.1 Å². The van der Waals surface area contributed by atoms with Crippen molar-refractivity contribution in [3.8, 4) is 11.1 Å². The second kappa shape index (κ2) is 6.14. The minimum atomic E-state index is 0.511. The van der Waals surface area contributed by atoms with Crippen molar-refractivity contribution in [1.29, 1.82) is 0 Å². The van der Waals surface area contributed by atoms with Crippen molar-refractivity contribution in [2.75, 3.05) is 13.1 Å². The van der Waals surface area contributed by atoms with Crippen LogP contribution in [0.15, 0.2) is 43.0 Å². The van der Waals surface area contributed by atoms with Gasteiger partial charge < -0.3 is 0 Å². The fourth-order valence-electron chi connectivity index (χ4n) is 2.92. The molecule has 1 aromatic carbocycles. The lowest BCUT2D eigenvalue weighted by Gasteiger charge is -2.32. The van der Waals surface area contributed by atoms with Gasteiger partial charge in [0.2, 0.25) is 0 Å². The lowest BCUT2D eigenvalue weighted by molar-refractivity contribution is 0.175. The fourth-order valence-corrected chi connectivity index (χ4v) is 2.92. The van der Waals surface area contributed by atoms with E-state index >= 15 is 0 Å². The number of benzene rings is 1. The molecule has 2 aromatic rings. The van der Waals surface area contributed by atoms with E-state index in [1.807, 2.05) is 12.4 Å². The summed E-state index contributed by atoms with van der Waals surface area (Å²) in [7, 11) is 0. The average Bonchev–Trinajstić information content (AvgIpc) is 2.56. The number of piperidine rings is 1. The largest absolute Gasteiger partial charge is 0.297 e. The monoisotopic (exact) mass is 267 g/mol. The summed E-state index contributed by atoms with van der Waals surface area (Å²) in [6.45, 7) is 4.77. The van der Waals surface area contributed by atoms with Gasteiger partial charge in [0.1, 0.15) is 6.33 Å². The van der Waals surface area contributed by atoms with E-state index < -0.39 is 0 Å². The molecular formula is C17H21N3.